The number of hydrogen-bond acceptors (Lipinski definition) is 2. The summed E-state index contributed by atoms with van der Waals surface area (Å²) >= 11 is 0. The van der Waals surface area contributed by atoms with Crippen molar-refractivity contribution < 1.29 is 0 Å². The Morgan fingerprint density at radius 3 is 1.24 bits per heavy atom. The van der Waals surface area contributed by atoms with Crippen molar-refractivity contribution in [2.75, 3.05) is 9.80 Å². The highest BCUT2D eigenvalue weighted by Crippen LogP contribution is 2.60. The molecule has 2 aliphatic heterocycles. The van der Waals surface area contributed by atoms with E-state index in [1.165, 1.54) is 94.6 Å². The largest absolute Gasteiger partial charge is 0.311 e. The van der Waals surface area contributed by atoms with E-state index in [1.807, 2.05) is 0 Å². The van der Waals surface area contributed by atoms with E-state index in [2.05, 4.69) is 268 Å². The summed E-state index contributed by atoms with van der Waals surface area (Å²) in [6, 6.07) is 84.8. The second-order valence-corrected chi connectivity index (χ2v) is 19.0. The monoisotopic (exact) mass is 846 g/mol. The quantitative estimate of drug-likeness (QED) is 0.158. The van der Waals surface area contributed by atoms with Crippen molar-refractivity contribution >= 4 is 44.9 Å². The van der Waals surface area contributed by atoms with Crippen LogP contribution in [0.25, 0.3) is 55.3 Å². The average molecular weight is 847 g/mol. The summed E-state index contributed by atoms with van der Waals surface area (Å²) in [6.07, 6.45) is 0. The summed E-state index contributed by atoms with van der Waals surface area (Å²) in [4.78, 5) is 4.89. The van der Waals surface area contributed by atoms with E-state index in [9.17, 15) is 0 Å². The van der Waals surface area contributed by atoms with Gasteiger partial charge in [-0.25, -0.2) is 0 Å². The maximum Gasteiger partial charge on any atom is 0.0544 e. The molecular formula is C64H50N2. The van der Waals surface area contributed by atoms with Gasteiger partial charge in [-0.05, 0) is 138 Å². The van der Waals surface area contributed by atoms with Crippen molar-refractivity contribution in [1.82, 2.24) is 0 Å². The van der Waals surface area contributed by atoms with Crippen LogP contribution in [0.4, 0.5) is 34.1 Å². The Morgan fingerprint density at radius 2 is 0.712 bits per heavy atom. The highest BCUT2D eigenvalue weighted by molar-refractivity contribution is 5.97. The standard InChI is InChI=1S/C64H50N2/c1-63(2)56-21-10-12-23-60(56)66-61-24-13-11-22-57(61)64(3,4)59-42-50(41-58(63)62(59)66)47-27-25-44(26-28-47)46-31-37-52(38-32-46)65(51-35-29-45(30-36-51)43-15-6-5-7-16-43)53-39-33-49(34-40-53)55-20-14-18-48-17-8-9-19-54(48)55/h5-42H,1-4H3. The van der Waals surface area contributed by atoms with Gasteiger partial charge in [0, 0.05) is 27.9 Å². The van der Waals surface area contributed by atoms with E-state index in [-0.39, 0.29) is 10.8 Å². The molecule has 0 aromatic heterocycles. The second-order valence-electron chi connectivity index (χ2n) is 19.0. The number of fused-ring (bicyclic) bond motifs is 5. The van der Waals surface area contributed by atoms with Crippen LogP contribution in [0, 0.1) is 0 Å². The number of para-hydroxylation sites is 2. The van der Waals surface area contributed by atoms with Gasteiger partial charge in [-0.3, -0.25) is 0 Å². The van der Waals surface area contributed by atoms with Crippen molar-refractivity contribution in [1.29, 1.82) is 0 Å². The number of hydrogen-bond donors (Lipinski definition) is 0. The molecule has 10 aromatic rings. The van der Waals surface area contributed by atoms with Gasteiger partial charge in [0.2, 0.25) is 0 Å². The highest BCUT2D eigenvalue weighted by Gasteiger charge is 2.45. The maximum absolute atomic E-state index is 2.53. The van der Waals surface area contributed by atoms with Crippen LogP contribution in [0.5, 0.6) is 0 Å². The van der Waals surface area contributed by atoms with E-state index < -0.39 is 0 Å². The summed E-state index contributed by atoms with van der Waals surface area (Å²) in [5, 5.41) is 2.51. The molecular weight excluding hydrogens is 797 g/mol. The minimum atomic E-state index is -0.173. The molecule has 0 N–H and O–H groups in total. The van der Waals surface area contributed by atoms with Gasteiger partial charge in [0.15, 0.2) is 0 Å². The predicted molar refractivity (Wildman–Crippen MR) is 279 cm³/mol. The van der Waals surface area contributed by atoms with Gasteiger partial charge >= 0.3 is 0 Å². The third-order valence-electron chi connectivity index (χ3n) is 14.5. The summed E-state index contributed by atoms with van der Waals surface area (Å²) in [6.45, 7) is 9.58. The fourth-order valence-electron chi connectivity index (χ4n) is 10.9. The first kappa shape index (κ1) is 39.6. The van der Waals surface area contributed by atoms with Gasteiger partial charge in [-0.15, -0.1) is 0 Å². The zero-order valence-electron chi connectivity index (χ0n) is 37.8. The van der Waals surface area contributed by atoms with Gasteiger partial charge in [-0.2, -0.15) is 0 Å². The zero-order chi connectivity index (χ0) is 44.6. The molecule has 0 atom stereocenters. The molecule has 10 aromatic carbocycles. The van der Waals surface area contributed by atoms with Crippen molar-refractivity contribution in [2.45, 2.75) is 38.5 Å². The van der Waals surface area contributed by atoms with Gasteiger partial charge in [0.25, 0.3) is 0 Å². The van der Waals surface area contributed by atoms with Crippen LogP contribution in [0.2, 0.25) is 0 Å². The molecule has 2 heterocycles. The van der Waals surface area contributed by atoms with Crippen molar-refractivity contribution in [2.24, 2.45) is 0 Å². The molecule has 0 fully saturated rings. The summed E-state index contributed by atoms with van der Waals surface area (Å²) in [7, 11) is 0. The molecule has 0 aliphatic carbocycles. The lowest BCUT2D eigenvalue weighted by Gasteiger charge is -2.49. The maximum atomic E-state index is 2.53. The van der Waals surface area contributed by atoms with Gasteiger partial charge in [0.05, 0.1) is 17.1 Å². The van der Waals surface area contributed by atoms with E-state index in [1.54, 1.807) is 0 Å². The molecule has 0 unspecified atom stereocenters. The molecule has 0 bridgehead atoms. The first-order chi connectivity index (χ1) is 32.2. The first-order valence-corrected chi connectivity index (χ1v) is 23.2. The van der Waals surface area contributed by atoms with Gasteiger partial charge < -0.3 is 9.80 Å². The Hall–Kier alpha value is -7.94. The molecule has 2 aliphatic rings. The molecule has 0 radical (unpaired) electrons. The van der Waals surface area contributed by atoms with Crippen molar-refractivity contribution in [3.05, 3.63) is 253 Å². The average Bonchev–Trinajstić information content (AvgIpc) is 3.37. The smallest absolute Gasteiger partial charge is 0.0544 e. The molecule has 0 saturated carbocycles. The van der Waals surface area contributed by atoms with Crippen LogP contribution < -0.4 is 9.80 Å². The Bertz CT molecular complexity index is 3350. The van der Waals surface area contributed by atoms with Crippen LogP contribution in [0.3, 0.4) is 0 Å². The van der Waals surface area contributed by atoms with Gasteiger partial charge in [0.1, 0.15) is 0 Å². The summed E-state index contributed by atoms with van der Waals surface area (Å²) in [5.41, 5.74) is 22.0. The normalized spacial score (nSPS) is 14.0. The molecule has 0 amide bonds. The SMILES string of the molecule is CC1(C)c2ccccc2N2c3ccccc3C(C)(C)c3cc(-c4ccc(-c5ccc(N(c6ccc(-c7ccccc7)cc6)c6ccc(-c7cccc8ccccc78)cc6)cc5)cc4)cc1c32. The fourth-order valence-corrected chi connectivity index (χ4v) is 10.9. The predicted octanol–water partition coefficient (Wildman–Crippen LogP) is 17.7. The molecule has 316 valence electrons. The zero-order valence-corrected chi connectivity index (χ0v) is 37.8. The lowest BCUT2D eigenvalue weighted by Crippen LogP contribution is -2.38. The summed E-state index contributed by atoms with van der Waals surface area (Å²) in [5.74, 6) is 0. The van der Waals surface area contributed by atoms with E-state index in [0.717, 1.165) is 17.1 Å². The van der Waals surface area contributed by atoms with E-state index in [4.69, 9.17) is 0 Å². The Morgan fingerprint density at radius 1 is 0.318 bits per heavy atom. The lowest BCUT2D eigenvalue weighted by atomic mass is 9.65. The molecule has 66 heavy (non-hydrogen) atoms. The number of benzene rings is 10. The van der Waals surface area contributed by atoms with Gasteiger partial charge in [-0.1, -0.05) is 198 Å². The van der Waals surface area contributed by atoms with Crippen LogP contribution in [0.1, 0.15) is 49.9 Å². The van der Waals surface area contributed by atoms with Crippen molar-refractivity contribution in [3.63, 3.8) is 0 Å². The van der Waals surface area contributed by atoms with Crippen LogP contribution in [-0.4, -0.2) is 0 Å². The topological polar surface area (TPSA) is 6.48 Å². The Labute approximate surface area is 388 Å². The molecule has 12 rings (SSSR count). The third-order valence-corrected chi connectivity index (χ3v) is 14.5. The van der Waals surface area contributed by atoms with E-state index in [0.29, 0.717) is 0 Å². The highest BCUT2D eigenvalue weighted by atomic mass is 15.2. The molecule has 2 heteroatoms. The summed E-state index contributed by atoms with van der Waals surface area (Å²) < 4.78 is 0. The number of nitrogens with zero attached hydrogens (tertiary/aromatic N) is 2. The van der Waals surface area contributed by atoms with Crippen molar-refractivity contribution in [3.8, 4) is 44.5 Å². The fraction of sp³-hybridized carbons (Fsp3) is 0.0938. The minimum Gasteiger partial charge on any atom is -0.311 e. The number of anilines is 6. The first-order valence-electron chi connectivity index (χ1n) is 23.2. The molecule has 2 nitrogen and oxygen atoms in total. The van der Waals surface area contributed by atoms with Crippen LogP contribution in [-0.2, 0) is 10.8 Å². The van der Waals surface area contributed by atoms with Crippen LogP contribution in [0.15, 0.2) is 231 Å². The Kier molecular flexibility index (Phi) is 9.22. The second kappa shape index (κ2) is 15.4. The number of rotatable bonds is 7. The molecule has 0 saturated heterocycles. The third kappa shape index (κ3) is 6.39. The lowest BCUT2D eigenvalue weighted by molar-refractivity contribution is 0.598. The van der Waals surface area contributed by atoms with E-state index >= 15 is 0 Å². The molecule has 0 spiro atoms. The minimum absolute atomic E-state index is 0.173. The van der Waals surface area contributed by atoms with Crippen LogP contribution >= 0.6 is 0 Å². The Balaban J connectivity index is 0.890.